The van der Waals surface area contributed by atoms with Crippen molar-refractivity contribution in [3.63, 3.8) is 0 Å². The highest BCUT2D eigenvalue weighted by Gasteiger charge is 2.22. The average molecular weight is 338 g/mol. The highest BCUT2D eigenvalue weighted by atomic mass is 35.5. The smallest absolute Gasteiger partial charge is 0.137 e. The Labute approximate surface area is 147 Å². The molecule has 122 valence electrons. The molecule has 0 saturated heterocycles. The van der Waals surface area contributed by atoms with Crippen molar-refractivity contribution in [1.82, 2.24) is 5.32 Å². The SMILES string of the molecule is COc1cc2c(cc1Cl)CCNCC2c1ccc2ccccc2c1. The molecule has 0 spiro atoms. The Balaban J connectivity index is 1.85. The Kier molecular flexibility index (Phi) is 4.17. The predicted octanol–water partition coefficient (Wildman–Crippen LogP) is 4.78. The van der Waals surface area contributed by atoms with Crippen LogP contribution < -0.4 is 10.1 Å². The second-order valence-electron chi connectivity index (χ2n) is 6.30. The van der Waals surface area contributed by atoms with Gasteiger partial charge in [0.05, 0.1) is 12.1 Å². The van der Waals surface area contributed by atoms with Crippen LogP contribution in [0.25, 0.3) is 10.8 Å². The van der Waals surface area contributed by atoms with Gasteiger partial charge in [0.15, 0.2) is 0 Å². The van der Waals surface area contributed by atoms with Crippen LogP contribution in [0.3, 0.4) is 0 Å². The molecule has 1 heterocycles. The van der Waals surface area contributed by atoms with Crippen LogP contribution in [-0.2, 0) is 6.42 Å². The van der Waals surface area contributed by atoms with E-state index < -0.39 is 0 Å². The summed E-state index contributed by atoms with van der Waals surface area (Å²) in [5.41, 5.74) is 3.95. The molecule has 4 rings (SSSR count). The van der Waals surface area contributed by atoms with E-state index >= 15 is 0 Å². The Morgan fingerprint density at radius 3 is 2.71 bits per heavy atom. The van der Waals surface area contributed by atoms with Gasteiger partial charge in [0.25, 0.3) is 0 Å². The summed E-state index contributed by atoms with van der Waals surface area (Å²) in [6.45, 7) is 1.90. The van der Waals surface area contributed by atoms with Crippen LogP contribution in [0.2, 0.25) is 5.02 Å². The summed E-state index contributed by atoms with van der Waals surface area (Å²) < 4.78 is 5.45. The maximum absolute atomic E-state index is 6.34. The number of nitrogens with one attached hydrogen (secondary N) is 1. The lowest BCUT2D eigenvalue weighted by atomic mass is 9.87. The lowest BCUT2D eigenvalue weighted by Crippen LogP contribution is -2.20. The molecule has 3 aromatic rings. The average Bonchev–Trinajstić information content (AvgIpc) is 2.82. The summed E-state index contributed by atoms with van der Waals surface area (Å²) in [5.74, 6) is 1.06. The first-order chi connectivity index (χ1) is 11.8. The highest BCUT2D eigenvalue weighted by molar-refractivity contribution is 6.32. The van der Waals surface area contributed by atoms with E-state index in [0.29, 0.717) is 10.9 Å². The van der Waals surface area contributed by atoms with Crippen LogP contribution in [0, 0.1) is 0 Å². The van der Waals surface area contributed by atoms with Gasteiger partial charge in [-0.3, -0.25) is 0 Å². The molecule has 0 saturated carbocycles. The van der Waals surface area contributed by atoms with Gasteiger partial charge in [0, 0.05) is 12.5 Å². The van der Waals surface area contributed by atoms with Gasteiger partial charge in [-0.25, -0.2) is 0 Å². The number of methoxy groups -OCH3 is 1. The molecule has 3 heteroatoms. The van der Waals surface area contributed by atoms with Gasteiger partial charge in [0.2, 0.25) is 0 Å². The van der Waals surface area contributed by atoms with Gasteiger partial charge in [-0.15, -0.1) is 0 Å². The Morgan fingerprint density at radius 2 is 1.88 bits per heavy atom. The van der Waals surface area contributed by atoms with Crippen LogP contribution in [0.4, 0.5) is 0 Å². The third-order valence-electron chi connectivity index (χ3n) is 4.88. The summed E-state index contributed by atoms with van der Waals surface area (Å²) in [6, 6.07) is 19.4. The summed E-state index contributed by atoms with van der Waals surface area (Å²) in [5, 5.41) is 6.81. The van der Waals surface area contributed by atoms with E-state index in [2.05, 4.69) is 59.9 Å². The zero-order chi connectivity index (χ0) is 16.5. The molecule has 0 radical (unpaired) electrons. The number of ether oxygens (including phenoxy) is 1. The maximum atomic E-state index is 6.34. The maximum Gasteiger partial charge on any atom is 0.137 e. The fourth-order valence-electron chi connectivity index (χ4n) is 3.61. The van der Waals surface area contributed by atoms with Crippen molar-refractivity contribution in [3.05, 3.63) is 76.3 Å². The van der Waals surface area contributed by atoms with E-state index in [-0.39, 0.29) is 0 Å². The van der Waals surface area contributed by atoms with Crippen LogP contribution >= 0.6 is 11.6 Å². The lowest BCUT2D eigenvalue weighted by molar-refractivity contribution is 0.414. The first-order valence-electron chi connectivity index (χ1n) is 8.32. The minimum atomic E-state index is 0.304. The largest absolute Gasteiger partial charge is 0.495 e. The number of fused-ring (bicyclic) bond motifs is 2. The van der Waals surface area contributed by atoms with Crippen LogP contribution in [0.5, 0.6) is 5.75 Å². The summed E-state index contributed by atoms with van der Waals surface area (Å²) in [4.78, 5) is 0. The van der Waals surface area contributed by atoms with Crippen molar-refractivity contribution in [2.75, 3.05) is 20.2 Å². The van der Waals surface area contributed by atoms with E-state index in [9.17, 15) is 0 Å². The van der Waals surface area contributed by atoms with Crippen molar-refractivity contribution in [1.29, 1.82) is 0 Å². The molecule has 1 N–H and O–H groups in total. The van der Waals surface area contributed by atoms with E-state index in [1.807, 2.05) is 0 Å². The molecular weight excluding hydrogens is 318 g/mol. The number of hydrogen-bond donors (Lipinski definition) is 1. The van der Waals surface area contributed by atoms with E-state index in [0.717, 1.165) is 25.3 Å². The molecule has 0 fully saturated rings. The fraction of sp³-hybridized carbons (Fsp3) is 0.238. The van der Waals surface area contributed by atoms with Gasteiger partial charge in [-0.05, 0) is 52.6 Å². The highest BCUT2D eigenvalue weighted by Crippen LogP contribution is 2.36. The topological polar surface area (TPSA) is 21.3 Å². The van der Waals surface area contributed by atoms with Gasteiger partial charge in [-0.2, -0.15) is 0 Å². The van der Waals surface area contributed by atoms with Crippen molar-refractivity contribution in [3.8, 4) is 5.75 Å². The standard InChI is InChI=1S/C21H20ClNO/c1-24-21-12-18-17(11-20(21)22)8-9-23-13-19(18)16-7-6-14-4-2-3-5-15(14)10-16/h2-7,10-12,19,23H,8-9,13H2,1H3. The molecule has 1 atom stereocenters. The van der Waals surface area contributed by atoms with Crippen molar-refractivity contribution >= 4 is 22.4 Å². The molecular formula is C21H20ClNO. The Morgan fingerprint density at radius 1 is 1.04 bits per heavy atom. The molecule has 1 aliphatic heterocycles. The number of rotatable bonds is 2. The molecule has 1 unspecified atom stereocenters. The van der Waals surface area contributed by atoms with Crippen molar-refractivity contribution < 1.29 is 4.74 Å². The van der Waals surface area contributed by atoms with Crippen LogP contribution in [-0.4, -0.2) is 20.2 Å². The van der Waals surface area contributed by atoms with Crippen LogP contribution in [0.15, 0.2) is 54.6 Å². The lowest BCUT2D eigenvalue weighted by Gasteiger charge is -2.20. The van der Waals surface area contributed by atoms with E-state index in [4.69, 9.17) is 16.3 Å². The van der Waals surface area contributed by atoms with Gasteiger partial charge in [0.1, 0.15) is 5.75 Å². The third kappa shape index (κ3) is 2.77. The molecule has 2 nitrogen and oxygen atoms in total. The number of halogens is 1. The predicted molar refractivity (Wildman–Crippen MR) is 100 cm³/mol. The first kappa shape index (κ1) is 15.5. The van der Waals surface area contributed by atoms with Crippen LogP contribution in [0.1, 0.15) is 22.6 Å². The number of hydrogen-bond acceptors (Lipinski definition) is 2. The fourth-order valence-corrected chi connectivity index (χ4v) is 3.87. The van der Waals surface area contributed by atoms with Gasteiger partial charge in [-0.1, -0.05) is 54.1 Å². The molecule has 0 bridgehead atoms. The minimum Gasteiger partial charge on any atom is -0.495 e. The van der Waals surface area contributed by atoms with E-state index in [1.54, 1.807) is 7.11 Å². The first-order valence-corrected chi connectivity index (χ1v) is 8.70. The zero-order valence-electron chi connectivity index (χ0n) is 13.7. The second-order valence-corrected chi connectivity index (χ2v) is 6.71. The summed E-state index contributed by atoms with van der Waals surface area (Å²) >= 11 is 6.34. The van der Waals surface area contributed by atoms with E-state index in [1.165, 1.54) is 27.5 Å². The number of benzene rings is 3. The minimum absolute atomic E-state index is 0.304. The van der Waals surface area contributed by atoms with Gasteiger partial charge < -0.3 is 10.1 Å². The quantitative estimate of drug-likeness (QED) is 0.726. The van der Waals surface area contributed by atoms with Crippen molar-refractivity contribution in [2.24, 2.45) is 0 Å². The zero-order valence-corrected chi connectivity index (χ0v) is 14.4. The summed E-state index contributed by atoms with van der Waals surface area (Å²) in [6.07, 6.45) is 0.989. The third-order valence-corrected chi connectivity index (χ3v) is 5.18. The molecule has 3 aromatic carbocycles. The monoisotopic (exact) mass is 337 g/mol. The Bertz CT molecular complexity index is 890. The normalized spacial score (nSPS) is 17.3. The molecule has 0 amide bonds. The summed E-state index contributed by atoms with van der Waals surface area (Å²) in [7, 11) is 1.67. The van der Waals surface area contributed by atoms with Gasteiger partial charge >= 0.3 is 0 Å². The second kappa shape index (κ2) is 6.46. The molecule has 1 aliphatic rings. The Hall–Kier alpha value is -2.03. The molecule has 24 heavy (non-hydrogen) atoms. The van der Waals surface area contributed by atoms with Crippen molar-refractivity contribution in [2.45, 2.75) is 12.3 Å². The molecule has 0 aliphatic carbocycles. The molecule has 0 aromatic heterocycles.